The van der Waals surface area contributed by atoms with Crippen LogP contribution >= 0.6 is 11.6 Å². The summed E-state index contributed by atoms with van der Waals surface area (Å²) in [7, 11) is 0. The molecule has 2 aromatic rings. The van der Waals surface area contributed by atoms with Crippen LogP contribution in [-0.2, 0) is 14.3 Å². The van der Waals surface area contributed by atoms with Crippen molar-refractivity contribution in [2.45, 2.75) is 25.8 Å². The zero-order chi connectivity index (χ0) is 19.8. The van der Waals surface area contributed by atoms with Crippen LogP contribution in [0.1, 0.15) is 41.7 Å². The first kappa shape index (κ1) is 20.6. The highest BCUT2D eigenvalue weighted by Gasteiger charge is 2.14. The molecule has 0 unspecified atom stereocenters. The highest BCUT2D eigenvalue weighted by molar-refractivity contribution is 6.30. The number of ether oxygens (including phenoxy) is 1. The van der Waals surface area contributed by atoms with Gasteiger partial charge in [-0.15, -0.1) is 0 Å². The van der Waals surface area contributed by atoms with E-state index in [1.807, 2.05) is 6.07 Å². The van der Waals surface area contributed by atoms with Gasteiger partial charge in [0.1, 0.15) is 5.82 Å². The van der Waals surface area contributed by atoms with E-state index in [-0.39, 0.29) is 24.7 Å². The number of hydrogen-bond acceptors (Lipinski definition) is 4. The largest absolute Gasteiger partial charge is 0.456 e. The maximum Gasteiger partial charge on any atom is 0.306 e. The van der Waals surface area contributed by atoms with Gasteiger partial charge in [-0.2, -0.15) is 0 Å². The number of nitrogens with one attached hydrogen (secondary N) is 1. The van der Waals surface area contributed by atoms with Crippen LogP contribution in [0.4, 0.5) is 4.39 Å². The van der Waals surface area contributed by atoms with E-state index in [1.54, 1.807) is 25.1 Å². The Hall–Kier alpha value is -2.73. The molecular formula is C20H19ClFNO4. The first-order chi connectivity index (χ1) is 12.8. The Morgan fingerprint density at radius 3 is 2.48 bits per heavy atom. The predicted octanol–water partition coefficient (Wildman–Crippen LogP) is 3.86. The van der Waals surface area contributed by atoms with Crippen molar-refractivity contribution >= 4 is 29.3 Å². The van der Waals surface area contributed by atoms with Crippen LogP contribution < -0.4 is 5.32 Å². The molecular weight excluding hydrogens is 373 g/mol. The highest BCUT2D eigenvalue weighted by atomic mass is 35.5. The molecule has 2 rings (SSSR count). The van der Waals surface area contributed by atoms with E-state index < -0.39 is 24.3 Å². The van der Waals surface area contributed by atoms with E-state index in [1.165, 1.54) is 24.3 Å². The van der Waals surface area contributed by atoms with Gasteiger partial charge in [-0.1, -0.05) is 23.7 Å². The van der Waals surface area contributed by atoms with Crippen LogP contribution in [0.25, 0.3) is 0 Å². The fourth-order valence-electron chi connectivity index (χ4n) is 2.36. The van der Waals surface area contributed by atoms with Gasteiger partial charge in [-0.25, -0.2) is 4.39 Å². The quantitative estimate of drug-likeness (QED) is 0.547. The van der Waals surface area contributed by atoms with Crippen molar-refractivity contribution in [3.8, 4) is 0 Å². The molecule has 0 radical (unpaired) electrons. The van der Waals surface area contributed by atoms with E-state index in [4.69, 9.17) is 16.3 Å². The zero-order valence-corrected chi connectivity index (χ0v) is 15.5. The van der Waals surface area contributed by atoms with Gasteiger partial charge in [0.2, 0.25) is 0 Å². The molecule has 0 fully saturated rings. The second-order valence-corrected chi connectivity index (χ2v) is 6.37. The number of halogens is 2. The van der Waals surface area contributed by atoms with Crippen LogP contribution in [0, 0.1) is 5.82 Å². The van der Waals surface area contributed by atoms with Crippen molar-refractivity contribution in [1.82, 2.24) is 5.32 Å². The molecule has 1 amide bonds. The number of hydrogen-bond donors (Lipinski definition) is 1. The molecule has 27 heavy (non-hydrogen) atoms. The summed E-state index contributed by atoms with van der Waals surface area (Å²) in [6.07, 6.45) is -0.238. The molecule has 0 aliphatic rings. The van der Waals surface area contributed by atoms with Gasteiger partial charge in [0, 0.05) is 17.0 Å². The van der Waals surface area contributed by atoms with Crippen LogP contribution in [-0.4, -0.2) is 24.3 Å². The monoisotopic (exact) mass is 391 g/mol. The predicted molar refractivity (Wildman–Crippen MR) is 98.9 cm³/mol. The van der Waals surface area contributed by atoms with Gasteiger partial charge in [-0.05, 0) is 48.9 Å². The van der Waals surface area contributed by atoms with Gasteiger partial charge in [0.15, 0.2) is 12.4 Å². The lowest BCUT2D eigenvalue weighted by Crippen LogP contribution is -2.31. The van der Waals surface area contributed by atoms with Crippen molar-refractivity contribution in [1.29, 1.82) is 0 Å². The number of ketones is 1. The molecule has 1 N–H and O–H groups in total. The topological polar surface area (TPSA) is 72.5 Å². The number of carbonyl (C=O) groups excluding carboxylic acids is 3. The van der Waals surface area contributed by atoms with Gasteiger partial charge in [0.25, 0.3) is 5.91 Å². The Labute approximate surface area is 161 Å². The zero-order valence-electron chi connectivity index (χ0n) is 14.7. The van der Waals surface area contributed by atoms with Crippen LogP contribution in [0.5, 0.6) is 0 Å². The number of esters is 1. The number of amides is 1. The molecule has 0 aliphatic carbocycles. The maximum atomic E-state index is 12.8. The standard InChI is InChI=1S/C20H19ClFNO4/c1-13(15-3-2-4-16(21)11-15)23-19(25)12-27-20(26)10-9-18(24)14-5-7-17(22)8-6-14/h2-8,11,13H,9-10,12H2,1H3,(H,23,25)/t13-/m1/s1. The second kappa shape index (κ2) is 9.83. The molecule has 142 valence electrons. The number of benzene rings is 2. The van der Waals surface area contributed by atoms with Gasteiger partial charge in [0.05, 0.1) is 12.5 Å². The first-order valence-electron chi connectivity index (χ1n) is 8.34. The van der Waals surface area contributed by atoms with Crippen LogP contribution in [0.3, 0.4) is 0 Å². The van der Waals surface area contributed by atoms with E-state index in [9.17, 15) is 18.8 Å². The van der Waals surface area contributed by atoms with Gasteiger partial charge >= 0.3 is 5.97 Å². The average Bonchev–Trinajstić information content (AvgIpc) is 2.65. The number of Topliss-reactive ketones (excluding diaryl/α,β-unsaturated/α-hetero) is 1. The molecule has 0 spiro atoms. The maximum absolute atomic E-state index is 12.8. The molecule has 0 aliphatic heterocycles. The summed E-state index contributed by atoms with van der Waals surface area (Å²) in [5, 5.41) is 3.26. The van der Waals surface area contributed by atoms with E-state index in [0.717, 1.165) is 5.56 Å². The molecule has 0 saturated carbocycles. The lowest BCUT2D eigenvalue weighted by atomic mass is 10.1. The van der Waals surface area contributed by atoms with Crippen molar-refractivity contribution < 1.29 is 23.5 Å². The minimum Gasteiger partial charge on any atom is -0.456 e. The normalized spacial score (nSPS) is 11.5. The Balaban J connectivity index is 1.72. The van der Waals surface area contributed by atoms with Crippen molar-refractivity contribution in [2.24, 2.45) is 0 Å². The first-order valence-corrected chi connectivity index (χ1v) is 8.72. The van der Waals surface area contributed by atoms with Crippen molar-refractivity contribution in [3.63, 3.8) is 0 Å². The summed E-state index contributed by atoms with van der Waals surface area (Å²) in [6.45, 7) is 1.35. The van der Waals surface area contributed by atoms with Crippen molar-refractivity contribution in [2.75, 3.05) is 6.61 Å². The molecule has 0 heterocycles. The second-order valence-electron chi connectivity index (χ2n) is 5.93. The van der Waals surface area contributed by atoms with Gasteiger partial charge < -0.3 is 10.1 Å². The van der Waals surface area contributed by atoms with Crippen molar-refractivity contribution in [3.05, 3.63) is 70.5 Å². The number of carbonyl (C=O) groups is 3. The Morgan fingerprint density at radius 1 is 1.11 bits per heavy atom. The minimum absolute atomic E-state index is 0.0784. The third kappa shape index (κ3) is 6.83. The molecule has 1 atom stereocenters. The molecule has 0 bridgehead atoms. The molecule has 0 saturated heterocycles. The summed E-state index contributed by atoms with van der Waals surface area (Å²) in [4.78, 5) is 35.5. The lowest BCUT2D eigenvalue weighted by molar-refractivity contribution is -0.148. The lowest BCUT2D eigenvalue weighted by Gasteiger charge is -2.14. The minimum atomic E-state index is -0.656. The fraction of sp³-hybridized carbons (Fsp3) is 0.250. The van der Waals surface area contributed by atoms with Crippen LogP contribution in [0.2, 0.25) is 5.02 Å². The highest BCUT2D eigenvalue weighted by Crippen LogP contribution is 2.17. The summed E-state index contributed by atoms with van der Waals surface area (Å²) in [5.74, 6) is -1.85. The number of rotatable bonds is 8. The Kier molecular flexibility index (Phi) is 7.49. The molecule has 5 nitrogen and oxygen atoms in total. The summed E-state index contributed by atoms with van der Waals surface area (Å²) in [6, 6.07) is 11.8. The van der Waals surface area contributed by atoms with E-state index >= 15 is 0 Å². The van der Waals surface area contributed by atoms with E-state index in [2.05, 4.69) is 5.32 Å². The summed E-state index contributed by atoms with van der Waals surface area (Å²) >= 11 is 5.91. The summed E-state index contributed by atoms with van der Waals surface area (Å²) < 4.78 is 17.7. The molecule has 2 aromatic carbocycles. The Bertz CT molecular complexity index is 823. The third-order valence-corrected chi connectivity index (χ3v) is 4.05. The third-order valence-electron chi connectivity index (χ3n) is 3.81. The fourth-order valence-corrected chi connectivity index (χ4v) is 2.56. The SMILES string of the molecule is C[C@@H](NC(=O)COC(=O)CCC(=O)c1ccc(F)cc1)c1cccc(Cl)c1. The molecule has 0 aromatic heterocycles. The molecule has 7 heteroatoms. The van der Waals surface area contributed by atoms with E-state index in [0.29, 0.717) is 10.6 Å². The Morgan fingerprint density at radius 2 is 1.81 bits per heavy atom. The van der Waals surface area contributed by atoms with Crippen LogP contribution in [0.15, 0.2) is 48.5 Å². The summed E-state index contributed by atoms with van der Waals surface area (Å²) in [5.41, 5.74) is 1.14. The smallest absolute Gasteiger partial charge is 0.306 e. The van der Waals surface area contributed by atoms with Gasteiger partial charge in [-0.3, -0.25) is 14.4 Å². The average molecular weight is 392 g/mol.